The van der Waals surface area contributed by atoms with E-state index in [9.17, 15) is 13.2 Å². The third kappa shape index (κ3) is 3.34. The molecule has 0 aliphatic heterocycles. The monoisotopic (exact) mass is 294 g/mol. The number of halogens is 1. The number of rotatable bonds is 5. The first-order valence-electron chi connectivity index (χ1n) is 4.77. The molecule has 0 amide bonds. The molecule has 1 aromatic carbocycles. The van der Waals surface area contributed by atoms with Gasteiger partial charge < -0.3 is 9.84 Å². The van der Waals surface area contributed by atoms with Crippen LogP contribution in [0.3, 0.4) is 0 Å². The number of carboxylic acid groups (broad SMARTS) is 1. The minimum absolute atomic E-state index is 0.0881. The van der Waals surface area contributed by atoms with E-state index in [1.165, 1.54) is 19.2 Å². The summed E-state index contributed by atoms with van der Waals surface area (Å²) < 4.78 is 32.8. The molecule has 8 heteroatoms. The molecule has 18 heavy (non-hydrogen) atoms. The molecular weight excluding hydrogens is 284 g/mol. The lowest BCUT2D eigenvalue weighted by Crippen LogP contribution is -2.23. The first kappa shape index (κ1) is 14.7. The first-order chi connectivity index (χ1) is 8.27. The van der Waals surface area contributed by atoms with Gasteiger partial charge in [-0.25, -0.2) is 4.79 Å². The van der Waals surface area contributed by atoms with Gasteiger partial charge in [-0.15, -0.1) is 0 Å². The van der Waals surface area contributed by atoms with Gasteiger partial charge in [-0.2, -0.15) is 8.42 Å². The van der Waals surface area contributed by atoms with Crippen molar-refractivity contribution in [1.82, 2.24) is 0 Å². The van der Waals surface area contributed by atoms with Crippen LogP contribution < -0.4 is 4.74 Å². The van der Waals surface area contributed by atoms with Crippen LogP contribution in [0.5, 0.6) is 5.75 Å². The minimum atomic E-state index is -4.17. The molecule has 0 bridgehead atoms. The van der Waals surface area contributed by atoms with Crippen LogP contribution in [-0.2, 0) is 19.1 Å². The highest BCUT2D eigenvalue weighted by atomic mass is 35.5. The van der Waals surface area contributed by atoms with Crippen molar-refractivity contribution in [2.45, 2.75) is 17.9 Å². The number of benzene rings is 1. The lowest BCUT2D eigenvalue weighted by Gasteiger charge is -2.10. The van der Waals surface area contributed by atoms with Gasteiger partial charge in [0, 0.05) is 0 Å². The normalized spacial score (nSPS) is 13.1. The van der Waals surface area contributed by atoms with Crippen LogP contribution in [0.25, 0.3) is 0 Å². The number of carboxylic acids is 1. The van der Waals surface area contributed by atoms with Gasteiger partial charge in [0.05, 0.1) is 17.0 Å². The third-order valence-electron chi connectivity index (χ3n) is 2.03. The maximum Gasteiger partial charge on any atom is 0.334 e. The summed E-state index contributed by atoms with van der Waals surface area (Å²) in [5.74, 6) is -1.07. The fraction of sp³-hybridized carbons (Fsp3) is 0.300. The zero-order valence-corrected chi connectivity index (χ0v) is 11.2. The van der Waals surface area contributed by atoms with E-state index in [-0.39, 0.29) is 9.92 Å². The highest BCUT2D eigenvalue weighted by Gasteiger charge is 2.24. The molecule has 0 radical (unpaired) electrons. The Bertz CT molecular complexity index is 553. The Kier molecular flexibility index (Phi) is 4.55. The number of methoxy groups -OCH3 is 1. The lowest BCUT2D eigenvalue weighted by molar-refractivity contribution is -0.144. The molecule has 6 nitrogen and oxygen atoms in total. The molecule has 1 unspecified atom stereocenters. The van der Waals surface area contributed by atoms with Crippen molar-refractivity contribution in [3.05, 3.63) is 23.2 Å². The van der Waals surface area contributed by atoms with Crippen molar-refractivity contribution < 1.29 is 27.2 Å². The molecule has 100 valence electrons. The average molecular weight is 295 g/mol. The van der Waals surface area contributed by atoms with Crippen molar-refractivity contribution in [2.75, 3.05) is 7.11 Å². The predicted octanol–water partition coefficient (Wildman–Crippen LogP) is 1.53. The van der Waals surface area contributed by atoms with Gasteiger partial charge in [-0.1, -0.05) is 11.6 Å². The van der Waals surface area contributed by atoms with Gasteiger partial charge in [0.25, 0.3) is 10.1 Å². The average Bonchev–Trinajstić information content (AvgIpc) is 2.28. The smallest absolute Gasteiger partial charge is 0.334 e. The molecule has 0 saturated heterocycles. The molecule has 1 aromatic rings. The van der Waals surface area contributed by atoms with Gasteiger partial charge in [0.2, 0.25) is 0 Å². The summed E-state index contributed by atoms with van der Waals surface area (Å²) in [6.45, 7) is 1.12. The SMILES string of the molecule is COc1ccc(S(=O)(=O)OC(C)C(=O)O)cc1Cl. The second kappa shape index (κ2) is 5.55. The Morgan fingerprint density at radius 3 is 2.50 bits per heavy atom. The number of hydrogen-bond donors (Lipinski definition) is 1. The molecule has 0 heterocycles. The standard InChI is InChI=1S/C10H11ClO6S/c1-6(10(12)13)17-18(14,15)7-3-4-9(16-2)8(11)5-7/h3-6H,1-2H3,(H,12,13). The highest BCUT2D eigenvalue weighted by molar-refractivity contribution is 7.86. The molecular formula is C10H11ClO6S. The molecule has 0 spiro atoms. The molecule has 0 aliphatic rings. The maximum absolute atomic E-state index is 11.7. The third-order valence-corrected chi connectivity index (χ3v) is 3.70. The van der Waals surface area contributed by atoms with Gasteiger partial charge in [-0.05, 0) is 25.1 Å². The zero-order chi connectivity index (χ0) is 13.9. The number of carbonyl (C=O) groups is 1. The van der Waals surface area contributed by atoms with Crippen molar-refractivity contribution >= 4 is 27.7 Å². The highest BCUT2D eigenvalue weighted by Crippen LogP contribution is 2.27. The van der Waals surface area contributed by atoms with E-state index in [0.29, 0.717) is 5.75 Å². The van der Waals surface area contributed by atoms with Crippen molar-refractivity contribution in [2.24, 2.45) is 0 Å². The van der Waals surface area contributed by atoms with Crippen LogP contribution in [-0.4, -0.2) is 32.7 Å². The quantitative estimate of drug-likeness (QED) is 0.828. The molecule has 1 atom stereocenters. The number of ether oxygens (including phenoxy) is 1. The second-order valence-electron chi connectivity index (χ2n) is 3.33. The molecule has 1 N–H and O–H groups in total. The second-order valence-corrected chi connectivity index (χ2v) is 5.31. The van der Waals surface area contributed by atoms with Crippen LogP contribution in [0, 0.1) is 0 Å². The molecule has 0 aromatic heterocycles. The van der Waals surface area contributed by atoms with E-state index in [1.807, 2.05) is 0 Å². The number of hydrogen-bond acceptors (Lipinski definition) is 5. The first-order valence-corrected chi connectivity index (χ1v) is 6.56. The molecule has 1 rings (SSSR count). The Morgan fingerprint density at radius 2 is 2.06 bits per heavy atom. The summed E-state index contributed by atoms with van der Waals surface area (Å²) in [7, 11) is -2.79. The Labute approximate surface area is 109 Å². The maximum atomic E-state index is 11.7. The van der Waals surface area contributed by atoms with E-state index in [1.54, 1.807) is 0 Å². The summed E-state index contributed by atoms with van der Waals surface area (Å²) in [5, 5.41) is 8.68. The van der Waals surface area contributed by atoms with Crippen LogP contribution in [0.2, 0.25) is 5.02 Å². The summed E-state index contributed by atoms with van der Waals surface area (Å²) in [5.41, 5.74) is 0. The fourth-order valence-corrected chi connectivity index (χ4v) is 2.48. The van der Waals surface area contributed by atoms with Crippen LogP contribution in [0.1, 0.15) is 6.92 Å². The van der Waals surface area contributed by atoms with Crippen LogP contribution >= 0.6 is 11.6 Å². The molecule has 0 aliphatic carbocycles. The van der Waals surface area contributed by atoms with Gasteiger partial charge in [0.1, 0.15) is 5.75 Å². The predicted molar refractivity (Wildman–Crippen MR) is 63.4 cm³/mol. The van der Waals surface area contributed by atoms with Crippen molar-refractivity contribution in [1.29, 1.82) is 0 Å². The van der Waals surface area contributed by atoms with Gasteiger partial charge >= 0.3 is 5.97 Å². The van der Waals surface area contributed by atoms with Crippen LogP contribution in [0.15, 0.2) is 23.1 Å². The minimum Gasteiger partial charge on any atom is -0.495 e. The summed E-state index contributed by atoms with van der Waals surface area (Å²) in [4.78, 5) is 10.3. The topological polar surface area (TPSA) is 89.9 Å². The van der Waals surface area contributed by atoms with E-state index in [2.05, 4.69) is 4.18 Å². The Balaban J connectivity index is 3.06. The zero-order valence-electron chi connectivity index (χ0n) is 9.58. The summed E-state index contributed by atoms with van der Waals surface area (Å²) in [6.07, 6.45) is -1.48. The molecule has 0 fully saturated rings. The lowest BCUT2D eigenvalue weighted by atomic mass is 10.3. The van der Waals surface area contributed by atoms with Crippen LogP contribution in [0.4, 0.5) is 0 Å². The largest absolute Gasteiger partial charge is 0.495 e. The van der Waals surface area contributed by atoms with Gasteiger partial charge in [0.15, 0.2) is 6.10 Å². The number of aliphatic carboxylic acids is 1. The fourth-order valence-electron chi connectivity index (χ4n) is 1.09. The van der Waals surface area contributed by atoms with E-state index >= 15 is 0 Å². The van der Waals surface area contributed by atoms with E-state index in [4.69, 9.17) is 21.4 Å². The van der Waals surface area contributed by atoms with Crippen molar-refractivity contribution in [3.63, 3.8) is 0 Å². The summed E-state index contributed by atoms with van der Waals surface area (Å²) in [6, 6.07) is 3.70. The van der Waals surface area contributed by atoms with E-state index < -0.39 is 22.2 Å². The molecule has 0 saturated carbocycles. The Hall–Kier alpha value is -1.31. The van der Waals surface area contributed by atoms with Gasteiger partial charge in [-0.3, -0.25) is 4.18 Å². The summed E-state index contributed by atoms with van der Waals surface area (Å²) >= 11 is 5.77. The van der Waals surface area contributed by atoms with Crippen molar-refractivity contribution in [3.8, 4) is 5.75 Å². The Morgan fingerprint density at radius 1 is 1.44 bits per heavy atom. The van der Waals surface area contributed by atoms with E-state index in [0.717, 1.165) is 13.0 Å².